The molecule has 0 aliphatic heterocycles. The Morgan fingerprint density at radius 1 is 1.25 bits per heavy atom. The summed E-state index contributed by atoms with van der Waals surface area (Å²) in [5.74, 6) is 0.525. The lowest BCUT2D eigenvalue weighted by molar-refractivity contribution is 0.340. The second kappa shape index (κ2) is 4.22. The molecule has 0 spiro atoms. The standard InChI is InChI=1S/C8H7Cl3O/c1-2-12-7-4-5(9)3-6(10)8(7)11/h3-4H,2H2,1H3. The van der Waals surface area contributed by atoms with Crippen molar-refractivity contribution >= 4 is 34.8 Å². The van der Waals surface area contributed by atoms with Gasteiger partial charge in [-0.2, -0.15) is 0 Å². The highest BCUT2D eigenvalue weighted by molar-refractivity contribution is 6.44. The molecule has 1 nitrogen and oxygen atoms in total. The SMILES string of the molecule is CCOc1cc(Cl)cc(Cl)c1Cl. The molecular weight excluding hydrogens is 218 g/mol. The fraction of sp³-hybridized carbons (Fsp3) is 0.250. The van der Waals surface area contributed by atoms with Crippen LogP contribution in [0.3, 0.4) is 0 Å². The van der Waals surface area contributed by atoms with Crippen molar-refractivity contribution in [3.8, 4) is 5.75 Å². The van der Waals surface area contributed by atoms with Crippen molar-refractivity contribution in [2.24, 2.45) is 0 Å². The van der Waals surface area contributed by atoms with Crippen molar-refractivity contribution in [2.45, 2.75) is 6.92 Å². The Labute approximate surface area is 86.2 Å². The van der Waals surface area contributed by atoms with Crippen LogP contribution in [0.4, 0.5) is 0 Å². The average Bonchev–Trinajstić information content (AvgIpc) is 2.00. The van der Waals surface area contributed by atoms with E-state index in [1.807, 2.05) is 6.92 Å². The van der Waals surface area contributed by atoms with Gasteiger partial charge in [-0.05, 0) is 13.0 Å². The smallest absolute Gasteiger partial charge is 0.140 e. The summed E-state index contributed by atoms with van der Waals surface area (Å²) >= 11 is 17.3. The zero-order chi connectivity index (χ0) is 9.14. The maximum Gasteiger partial charge on any atom is 0.140 e. The second-order valence-electron chi connectivity index (χ2n) is 2.13. The quantitative estimate of drug-likeness (QED) is 0.690. The molecule has 1 aromatic carbocycles. The first-order valence-electron chi connectivity index (χ1n) is 3.42. The largest absolute Gasteiger partial charge is 0.492 e. The first-order valence-corrected chi connectivity index (χ1v) is 4.56. The Bertz CT molecular complexity index is 286. The summed E-state index contributed by atoms with van der Waals surface area (Å²) in [7, 11) is 0. The maximum atomic E-state index is 5.83. The van der Waals surface area contributed by atoms with Crippen LogP contribution in [0.15, 0.2) is 12.1 Å². The van der Waals surface area contributed by atoms with E-state index in [0.717, 1.165) is 0 Å². The Morgan fingerprint density at radius 3 is 2.50 bits per heavy atom. The lowest BCUT2D eigenvalue weighted by Crippen LogP contribution is -1.92. The summed E-state index contributed by atoms with van der Waals surface area (Å²) in [5.41, 5.74) is 0. The van der Waals surface area contributed by atoms with Crippen LogP contribution >= 0.6 is 34.8 Å². The van der Waals surface area contributed by atoms with Crippen molar-refractivity contribution in [1.29, 1.82) is 0 Å². The molecule has 0 aromatic heterocycles. The molecule has 0 saturated carbocycles. The number of hydrogen-bond acceptors (Lipinski definition) is 1. The minimum Gasteiger partial charge on any atom is -0.492 e. The van der Waals surface area contributed by atoms with E-state index in [1.165, 1.54) is 0 Å². The van der Waals surface area contributed by atoms with Gasteiger partial charge in [0.15, 0.2) is 0 Å². The summed E-state index contributed by atoms with van der Waals surface area (Å²) < 4.78 is 5.20. The third kappa shape index (κ3) is 2.19. The Morgan fingerprint density at radius 2 is 1.92 bits per heavy atom. The maximum absolute atomic E-state index is 5.83. The average molecular weight is 226 g/mol. The Kier molecular flexibility index (Phi) is 3.51. The van der Waals surface area contributed by atoms with Crippen LogP contribution in [-0.4, -0.2) is 6.61 Å². The van der Waals surface area contributed by atoms with E-state index < -0.39 is 0 Å². The molecule has 66 valence electrons. The third-order valence-electron chi connectivity index (χ3n) is 1.26. The molecular formula is C8H7Cl3O. The van der Waals surface area contributed by atoms with Gasteiger partial charge in [-0.1, -0.05) is 34.8 Å². The van der Waals surface area contributed by atoms with Gasteiger partial charge in [-0.15, -0.1) is 0 Å². The summed E-state index contributed by atoms with van der Waals surface area (Å²) in [6.45, 7) is 2.40. The van der Waals surface area contributed by atoms with Gasteiger partial charge >= 0.3 is 0 Å². The molecule has 0 aliphatic carbocycles. The van der Waals surface area contributed by atoms with Crippen molar-refractivity contribution in [3.05, 3.63) is 27.2 Å². The molecule has 0 unspecified atom stereocenters. The molecule has 0 aliphatic rings. The number of ether oxygens (including phenoxy) is 1. The molecule has 0 fully saturated rings. The molecule has 0 N–H and O–H groups in total. The predicted molar refractivity (Wildman–Crippen MR) is 52.6 cm³/mol. The predicted octanol–water partition coefficient (Wildman–Crippen LogP) is 4.05. The van der Waals surface area contributed by atoms with Crippen LogP contribution in [0.1, 0.15) is 6.92 Å². The monoisotopic (exact) mass is 224 g/mol. The van der Waals surface area contributed by atoms with Crippen molar-refractivity contribution in [2.75, 3.05) is 6.61 Å². The van der Waals surface area contributed by atoms with Crippen LogP contribution in [-0.2, 0) is 0 Å². The van der Waals surface area contributed by atoms with Crippen LogP contribution in [0.25, 0.3) is 0 Å². The lowest BCUT2D eigenvalue weighted by Gasteiger charge is -2.06. The molecule has 0 atom stereocenters. The second-order valence-corrected chi connectivity index (χ2v) is 3.35. The third-order valence-corrected chi connectivity index (χ3v) is 2.26. The fourth-order valence-corrected chi connectivity index (χ4v) is 1.43. The molecule has 0 heterocycles. The van der Waals surface area contributed by atoms with E-state index in [0.29, 0.717) is 27.4 Å². The van der Waals surface area contributed by atoms with Gasteiger partial charge in [0.2, 0.25) is 0 Å². The van der Waals surface area contributed by atoms with Gasteiger partial charge in [0.05, 0.1) is 11.6 Å². The molecule has 1 aromatic rings. The van der Waals surface area contributed by atoms with E-state index in [9.17, 15) is 0 Å². The highest BCUT2D eigenvalue weighted by atomic mass is 35.5. The van der Waals surface area contributed by atoms with Gasteiger partial charge in [0.1, 0.15) is 10.8 Å². The van der Waals surface area contributed by atoms with Crippen molar-refractivity contribution in [3.63, 3.8) is 0 Å². The van der Waals surface area contributed by atoms with Crippen LogP contribution in [0, 0.1) is 0 Å². The lowest BCUT2D eigenvalue weighted by atomic mass is 10.3. The summed E-state index contributed by atoms with van der Waals surface area (Å²) in [5, 5.41) is 1.34. The number of halogens is 3. The Balaban J connectivity index is 3.09. The highest BCUT2D eigenvalue weighted by Crippen LogP contribution is 2.34. The molecule has 12 heavy (non-hydrogen) atoms. The zero-order valence-electron chi connectivity index (χ0n) is 6.40. The Hall–Kier alpha value is -0.110. The van der Waals surface area contributed by atoms with Crippen LogP contribution in [0.2, 0.25) is 15.1 Å². The number of rotatable bonds is 2. The summed E-state index contributed by atoms with van der Waals surface area (Å²) in [6, 6.07) is 3.22. The van der Waals surface area contributed by atoms with E-state index in [1.54, 1.807) is 12.1 Å². The normalized spacial score (nSPS) is 10.0. The molecule has 4 heteroatoms. The van der Waals surface area contributed by atoms with Gasteiger partial charge in [0.25, 0.3) is 0 Å². The number of hydrogen-bond donors (Lipinski definition) is 0. The van der Waals surface area contributed by atoms with E-state index >= 15 is 0 Å². The molecule has 0 bridgehead atoms. The first kappa shape index (κ1) is 9.97. The van der Waals surface area contributed by atoms with Gasteiger partial charge < -0.3 is 4.74 Å². The molecule has 1 rings (SSSR count). The highest BCUT2D eigenvalue weighted by Gasteiger charge is 2.06. The first-order chi connectivity index (χ1) is 5.65. The minimum atomic E-state index is 0.405. The van der Waals surface area contributed by atoms with Gasteiger partial charge in [-0.3, -0.25) is 0 Å². The van der Waals surface area contributed by atoms with Gasteiger partial charge in [0, 0.05) is 11.1 Å². The van der Waals surface area contributed by atoms with Crippen LogP contribution in [0.5, 0.6) is 5.75 Å². The van der Waals surface area contributed by atoms with Crippen LogP contribution < -0.4 is 4.74 Å². The number of benzene rings is 1. The van der Waals surface area contributed by atoms with Crippen molar-refractivity contribution in [1.82, 2.24) is 0 Å². The van der Waals surface area contributed by atoms with Crippen molar-refractivity contribution < 1.29 is 4.74 Å². The molecule has 0 amide bonds. The summed E-state index contributed by atoms with van der Waals surface area (Å²) in [6.07, 6.45) is 0. The topological polar surface area (TPSA) is 9.23 Å². The minimum absolute atomic E-state index is 0.405. The van der Waals surface area contributed by atoms with E-state index in [4.69, 9.17) is 39.5 Å². The molecule has 0 saturated heterocycles. The molecule has 0 radical (unpaired) electrons. The fourth-order valence-electron chi connectivity index (χ4n) is 0.793. The van der Waals surface area contributed by atoms with E-state index in [2.05, 4.69) is 0 Å². The van der Waals surface area contributed by atoms with Gasteiger partial charge in [-0.25, -0.2) is 0 Å². The van der Waals surface area contributed by atoms with E-state index in [-0.39, 0.29) is 0 Å². The summed E-state index contributed by atoms with van der Waals surface area (Å²) in [4.78, 5) is 0. The zero-order valence-corrected chi connectivity index (χ0v) is 8.67.